The molecule has 22 heavy (non-hydrogen) atoms. The molecule has 1 aliphatic heterocycles. The van der Waals surface area contributed by atoms with E-state index >= 15 is 0 Å². The number of hydrogen-bond donors (Lipinski definition) is 1. The molecule has 0 radical (unpaired) electrons. The quantitative estimate of drug-likeness (QED) is 0.929. The second kappa shape index (κ2) is 6.50. The Kier molecular flexibility index (Phi) is 4.45. The van der Waals surface area contributed by atoms with Crippen LogP contribution in [0.4, 0.5) is 11.6 Å². The summed E-state index contributed by atoms with van der Waals surface area (Å²) in [5.41, 5.74) is 0.921. The number of hydrogen-bond acceptors (Lipinski definition) is 4. The number of halogens is 2. The van der Waals surface area contributed by atoms with Gasteiger partial charge in [0.1, 0.15) is 0 Å². The monoisotopic (exact) mass is 336 g/mol. The number of rotatable bonds is 3. The summed E-state index contributed by atoms with van der Waals surface area (Å²) in [6.45, 7) is 1.93. The zero-order valence-corrected chi connectivity index (χ0v) is 13.2. The topological polar surface area (TPSA) is 58.1 Å². The minimum absolute atomic E-state index is 0.300. The number of anilines is 2. The molecule has 0 saturated carbocycles. The first kappa shape index (κ1) is 15.1. The molecular weight excluding hydrogens is 323 g/mol. The van der Waals surface area contributed by atoms with E-state index in [1.807, 2.05) is 0 Å². The van der Waals surface area contributed by atoms with Gasteiger partial charge in [0.05, 0.1) is 5.56 Å². The third-order valence-corrected chi connectivity index (χ3v) is 3.85. The van der Waals surface area contributed by atoms with Crippen molar-refractivity contribution in [2.24, 2.45) is 0 Å². The van der Waals surface area contributed by atoms with Gasteiger partial charge in [-0.3, -0.25) is 4.79 Å². The van der Waals surface area contributed by atoms with Crippen molar-refractivity contribution in [2.75, 3.05) is 23.3 Å². The zero-order valence-electron chi connectivity index (χ0n) is 11.7. The lowest BCUT2D eigenvalue weighted by atomic mass is 10.2. The first-order chi connectivity index (χ1) is 10.6. The lowest BCUT2D eigenvalue weighted by Crippen LogP contribution is -2.21. The van der Waals surface area contributed by atoms with Crippen molar-refractivity contribution in [1.82, 2.24) is 9.97 Å². The highest BCUT2D eigenvalue weighted by Gasteiger charge is 2.15. The summed E-state index contributed by atoms with van der Waals surface area (Å²) >= 11 is 11.8. The highest BCUT2D eigenvalue weighted by Crippen LogP contribution is 2.23. The highest BCUT2D eigenvalue weighted by atomic mass is 35.5. The average Bonchev–Trinajstić information content (AvgIpc) is 3.00. The van der Waals surface area contributed by atoms with Crippen molar-refractivity contribution >= 4 is 40.7 Å². The molecule has 0 unspecified atom stereocenters. The van der Waals surface area contributed by atoms with Gasteiger partial charge in [0.2, 0.25) is 5.95 Å². The predicted octanol–water partition coefficient (Wildman–Crippen LogP) is 3.64. The summed E-state index contributed by atoms with van der Waals surface area (Å²) in [7, 11) is 0. The van der Waals surface area contributed by atoms with E-state index in [9.17, 15) is 4.79 Å². The van der Waals surface area contributed by atoms with E-state index in [-0.39, 0.29) is 5.91 Å². The Morgan fingerprint density at radius 3 is 2.23 bits per heavy atom. The van der Waals surface area contributed by atoms with Gasteiger partial charge in [-0.05, 0) is 31.0 Å². The van der Waals surface area contributed by atoms with Gasteiger partial charge in [-0.15, -0.1) is 0 Å². The molecule has 0 aliphatic carbocycles. The summed E-state index contributed by atoms with van der Waals surface area (Å²) in [4.78, 5) is 22.8. The molecule has 0 bridgehead atoms. The first-order valence-electron chi connectivity index (χ1n) is 6.96. The average molecular weight is 337 g/mol. The van der Waals surface area contributed by atoms with E-state index in [0.29, 0.717) is 27.2 Å². The number of amides is 1. The molecule has 7 heteroatoms. The lowest BCUT2D eigenvalue weighted by molar-refractivity contribution is 0.102. The van der Waals surface area contributed by atoms with Crippen molar-refractivity contribution in [1.29, 1.82) is 0 Å². The van der Waals surface area contributed by atoms with Crippen LogP contribution in [0, 0.1) is 0 Å². The molecule has 0 spiro atoms. The van der Waals surface area contributed by atoms with Crippen LogP contribution < -0.4 is 10.2 Å². The van der Waals surface area contributed by atoms with E-state index in [4.69, 9.17) is 23.2 Å². The Hall–Kier alpha value is -1.85. The van der Waals surface area contributed by atoms with Crippen molar-refractivity contribution < 1.29 is 4.79 Å². The molecule has 1 aromatic heterocycles. The number of nitrogens with one attached hydrogen (secondary N) is 1. The molecule has 2 heterocycles. The molecule has 5 nitrogen and oxygen atoms in total. The van der Waals surface area contributed by atoms with Crippen LogP contribution >= 0.6 is 23.2 Å². The standard InChI is InChI=1S/C15H14Cl2N4O/c16-11-5-12(17)7-13(6-11)20-14(22)10-8-18-15(19-9-10)21-3-1-2-4-21/h5-9H,1-4H2,(H,20,22). The Morgan fingerprint density at radius 2 is 1.64 bits per heavy atom. The third-order valence-electron chi connectivity index (χ3n) is 3.41. The van der Waals surface area contributed by atoms with Crippen molar-refractivity contribution in [3.05, 3.63) is 46.2 Å². The molecule has 3 rings (SSSR count). The Labute approximate surface area is 138 Å². The zero-order chi connectivity index (χ0) is 15.5. The van der Waals surface area contributed by atoms with Crippen LogP contribution in [0.5, 0.6) is 0 Å². The fourth-order valence-corrected chi connectivity index (χ4v) is 2.87. The van der Waals surface area contributed by atoms with Gasteiger partial charge in [-0.2, -0.15) is 0 Å². The number of carbonyl (C=O) groups is 1. The molecule has 1 amide bonds. The molecule has 114 valence electrons. The fourth-order valence-electron chi connectivity index (χ4n) is 2.35. The Morgan fingerprint density at radius 1 is 1.05 bits per heavy atom. The van der Waals surface area contributed by atoms with Gasteiger partial charge in [0.25, 0.3) is 5.91 Å². The molecule has 1 aliphatic rings. The summed E-state index contributed by atoms with van der Waals surface area (Å²) in [6.07, 6.45) is 5.37. The van der Waals surface area contributed by atoms with E-state index in [1.165, 1.54) is 12.4 Å². The minimum Gasteiger partial charge on any atom is -0.341 e. The summed E-state index contributed by atoms with van der Waals surface area (Å²) < 4.78 is 0. The van der Waals surface area contributed by atoms with Gasteiger partial charge in [-0.25, -0.2) is 9.97 Å². The number of benzene rings is 1. The van der Waals surface area contributed by atoms with Crippen molar-refractivity contribution in [2.45, 2.75) is 12.8 Å². The van der Waals surface area contributed by atoms with Crippen LogP contribution in [0.3, 0.4) is 0 Å². The van der Waals surface area contributed by atoms with Crippen LogP contribution in [0.15, 0.2) is 30.6 Å². The minimum atomic E-state index is -0.300. The van der Waals surface area contributed by atoms with Crippen LogP contribution in [0.1, 0.15) is 23.2 Å². The van der Waals surface area contributed by atoms with Crippen LogP contribution in [-0.2, 0) is 0 Å². The van der Waals surface area contributed by atoms with E-state index in [1.54, 1.807) is 18.2 Å². The summed E-state index contributed by atoms with van der Waals surface area (Å²) in [6, 6.07) is 4.86. The van der Waals surface area contributed by atoms with Gasteiger partial charge in [0, 0.05) is 41.2 Å². The van der Waals surface area contributed by atoms with Gasteiger partial charge in [0.15, 0.2) is 0 Å². The lowest BCUT2D eigenvalue weighted by Gasteiger charge is -2.14. The van der Waals surface area contributed by atoms with E-state index in [2.05, 4.69) is 20.2 Å². The maximum atomic E-state index is 12.2. The van der Waals surface area contributed by atoms with Gasteiger partial charge in [-0.1, -0.05) is 23.2 Å². The normalized spacial score (nSPS) is 14.2. The summed E-state index contributed by atoms with van der Waals surface area (Å²) in [5.74, 6) is 0.367. The molecular formula is C15H14Cl2N4O. The van der Waals surface area contributed by atoms with Gasteiger partial charge < -0.3 is 10.2 Å². The second-order valence-electron chi connectivity index (χ2n) is 5.08. The highest BCUT2D eigenvalue weighted by molar-refractivity contribution is 6.35. The maximum Gasteiger partial charge on any atom is 0.258 e. The van der Waals surface area contributed by atoms with Gasteiger partial charge >= 0.3 is 0 Å². The van der Waals surface area contributed by atoms with E-state index < -0.39 is 0 Å². The van der Waals surface area contributed by atoms with Crippen LogP contribution in [-0.4, -0.2) is 29.0 Å². The predicted molar refractivity (Wildman–Crippen MR) is 87.9 cm³/mol. The molecule has 1 fully saturated rings. The molecule has 1 aromatic carbocycles. The Bertz CT molecular complexity index is 664. The van der Waals surface area contributed by atoms with Crippen LogP contribution in [0.2, 0.25) is 10.0 Å². The number of aromatic nitrogens is 2. The Balaban J connectivity index is 1.71. The molecule has 0 atom stereocenters. The molecule has 1 N–H and O–H groups in total. The SMILES string of the molecule is O=C(Nc1cc(Cl)cc(Cl)c1)c1cnc(N2CCCC2)nc1. The van der Waals surface area contributed by atoms with Crippen molar-refractivity contribution in [3.63, 3.8) is 0 Å². The maximum absolute atomic E-state index is 12.2. The fraction of sp³-hybridized carbons (Fsp3) is 0.267. The molecule has 2 aromatic rings. The smallest absolute Gasteiger partial charge is 0.258 e. The largest absolute Gasteiger partial charge is 0.341 e. The van der Waals surface area contributed by atoms with Crippen LogP contribution in [0.25, 0.3) is 0 Å². The first-order valence-corrected chi connectivity index (χ1v) is 7.72. The third kappa shape index (κ3) is 3.48. The number of carbonyl (C=O) groups excluding carboxylic acids is 1. The second-order valence-corrected chi connectivity index (χ2v) is 5.95. The van der Waals surface area contributed by atoms with Crippen molar-refractivity contribution in [3.8, 4) is 0 Å². The molecule has 1 saturated heterocycles. The number of nitrogens with zero attached hydrogens (tertiary/aromatic N) is 3. The summed E-state index contributed by atoms with van der Waals surface area (Å²) in [5, 5.41) is 3.65. The van der Waals surface area contributed by atoms with E-state index in [0.717, 1.165) is 25.9 Å².